The fourth-order valence-electron chi connectivity index (χ4n) is 2.27. The largest absolute Gasteiger partial charge is 0.368 e. The monoisotopic (exact) mass is 263 g/mol. The van der Waals surface area contributed by atoms with Crippen LogP contribution in [0.5, 0.6) is 0 Å². The number of halogens is 1. The molecule has 1 aliphatic rings. The molecule has 18 heavy (non-hydrogen) atoms. The second-order valence-corrected chi connectivity index (χ2v) is 4.79. The summed E-state index contributed by atoms with van der Waals surface area (Å²) in [7, 11) is 0. The second kappa shape index (κ2) is 5.28. The molecule has 1 unspecified atom stereocenters. The molecule has 0 bridgehead atoms. The first-order chi connectivity index (χ1) is 8.61. The third-order valence-corrected chi connectivity index (χ3v) is 3.35. The van der Waals surface area contributed by atoms with Gasteiger partial charge >= 0.3 is 0 Å². The summed E-state index contributed by atoms with van der Waals surface area (Å²) in [6.07, 6.45) is 0.886. The molecular weight excluding hydrogens is 250 g/mol. The van der Waals surface area contributed by atoms with E-state index < -0.39 is 0 Å². The van der Waals surface area contributed by atoms with Gasteiger partial charge in [0.25, 0.3) is 0 Å². The summed E-state index contributed by atoms with van der Waals surface area (Å²) in [6.45, 7) is 3.05. The van der Waals surface area contributed by atoms with Crippen molar-refractivity contribution < 1.29 is 4.79 Å². The minimum Gasteiger partial charge on any atom is -0.368 e. The smallest absolute Gasteiger partial charge is 0.217 e. The molecule has 0 spiro atoms. The van der Waals surface area contributed by atoms with Crippen molar-refractivity contribution in [1.29, 1.82) is 5.26 Å². The van der Waals surface area contributed by atoms with Crippen molar-refractivity contribution in [2.24, 2.45) is 0 Å². The molecule has 1 fully saturated rings. The molecule has 94 valence electrons. The van der Waals surface area contributed by atoms with Gasteiger partial charge in [-0.25, -0.2) is 0 Å². The Morgan fingerprint density at radius 3 is 3.06 bits per heavy atom. The number of hydrogen-bond donors (Lipinski definition) is 1. The number of benzene rings is 1. The number of rotatable bonds is 2. The predicted molar refractivity (Wildman–Crippen MR) is 70.6 cm³/mol. The Balaban J connectivity index is 2.17. The number of carbonyl (C=O) groups is 1. The van der Waals surface area contributed by atoms with Gasteiger partial charge in [-0.1, -0.05) is 17.7 Å². The molecule has 4 nitrogen and oxygen atoms in total. The molecule has 0 aliphatic carbocycles. The third-order valence-electron chi connectivity index (χ3n) is 3.04. The maximum Gasteiger partial charge on any atom is 0.217 e. The molecule has 2 rings (SSSR count). The number of carbonyl (C=O) groups excluding carboxylic acids is 1. The van der Waals surface area contributed by atoms with E-state index in [1.165, 1.54) is 6.92 Å². The first-order valence-electron chi connectivity index (χ1n) is 5.82. The second-order valence-electron chi connectivity index (χ2n) is 4.38. The van der Waals surface area contributed by atoms with Crippen LogP contribution in [-0.4, -0.2) is 25.0 Å². The van der Waals surface area contributed by atoms with Crippen LogP contribution in [0.1, 0.15) is 18.9 Å². The number of nitrogens with one attached hydrogen (secondary N) is 1. The van der Waals surface area contributed by atoms with E-state index in [9.17, 15) is 4.79 Å². The van der Waals surface area contributed by atoms with Crippen molar-refractivity contribution in [1.82, 2.24) is 5.32 Å². The SMILES string of the molecule is CC(=O)NC1CCN(c2cccc(Cl)c2C#N)C1. The van der Waals surface area contributed by atoms with Crippen LogP contribution in [0.4, 0.5) is 5.69 Å². The molecule has 1 atom stereocenters. The van der Waals surface area contributed by atoms with E-state index in [1.807, 2.05) is 12.1 Å². The normalized spacial score (nSPS) is 18.5. The molecular formula is C13H14ClN3O. The van der Waals surface area contributed by atoms with Gasteiger partial charge in [0.1, 0.15) is 6.07 Å². The molecule has 1 aromatic carbocycles. The Morgan fingerprint density at radius 2 is 2.39 bits per heavy atom. The molecule has 5 heteroatoms. The average Bonchev–Trinajstić information content (AvgIpc) is 2.76. The molecule has 0 saturated carbocycles. The fraction of sp³-hybridized carbons (Fsp3) is 0.385. The number of nitrogens with zero attached hydrogens (tertiary/aromatic N) is 2. The van der Waals surface area contributed by atoms with Crippen LogP contribution in [0, 0.1) is 11.3 Å². The maximum atomic E-state index is 11.0. The van der Waals surface area contributed by atoms with Gasteiger partial charge < -0.3 is 10.2 Å². The summed E-state index contributed by atoms with van der Waals surface area (Å²) in [5.74, 6) is -0.0200. The Hall–Kier alpha value is -1.73. The highest BCUT2D eigenvalue weighted by atomic mass is 35.5. The third kappa shape index (κ3) is 2.57. The Kier molecular flexibility index (Phi) is 3.73. The molecule has 0 aromatic heterocycles. The molecule has 1 saturated heterocycles. The molecule has 1 heterocycles. The van der Waals surface area contributed by atoms with Crippen LogP contribution in [0.3, 0.4) is 0 Å². The van der Waals surface area contributed by atoms with Gasteiger partial charge in [-0.05, 0) is 18.6 Å². The van der Waals surface area contributed by atoms with Gasteiger partial charge in [-0.2, -0.15) is 5.26 Å². The van der Waals surface area contributed by atoms with Crippen LogP contribution in [0.25, 0.3) is 0 Å². The molecule has 1 amide bonds. The zero-order chi connectivity index (χ0) is 13.1. The molecule has 1 N–H and O–H groups in total. The van der Waals surface area contributed by atoms with Crippen LogP contribution < -0.4 is 10.2 Å². The quantitative estimate of drug-likeness (QED) is 0.887. The van der Waals surface area contributed by atoms with Crippen LogP contribution in [0.2, 0.25) is 5.02 Å². The minimum absolute atomic E-state index is 0.0200. The summed E-state index contributed by atoms with van der Waals surface area (Å²) in [6, 6.07) is 7.72. The van der Waals surface area contributed by atoms with E-state index in [-0.39, 0.29) is 11.9 Å². The highest BCUT2D eigenvalue weighted by Crippen LogP contribution is 2.29. The van der Waals surface area contributed by atoms with Gasteiger partial charge in [0.05, 0.1) is 16.3 Å². The predicted octanol–water partition coefficient (Wildman–Crippen LogP) is 1.93. The molecule has 0 radical (unpaired) electrons. The Labute approximate surface area is 111 Å². The van der Waals surface area contributed by atoms with Gasteiger partial charge in [0, 0.05) is 26.1 Å². The van der Waals surface area contributed by atoms with Crippen molar-refractivity contribution in [2.45, 2.75) is 19.4 Å². The molecule has 1 aliphatic heterocycles. The zero-order valence-electron chi connectivity index (χ0n) is 10.1. The number of amides is 1. The van der Waals surface area contributed by atoms with Crippen LogP contribution in [0.15, 0.2) is 18.2 Å². The zero-order valence-corrected chi connectivity index (χ0v) is 10.9. The van der Waals surface area contributed by atoms with E-state index in [0.29, 0.717) is 17.1 Å². The topological polar surface area (TPSA) is 56.1 Å². The lowest BCUT2D eigenvalue weighted by Crippen LogP contribution is -2.35. The van der Waals surface area contributed by atoms with Crippen LogP contribution in [-0.2, 0) is 4.79 Å². The highest BCUT2D eigenvalue weighted by molar-refractivity contribution is 6.32. The fourth-order valence-corrected chi connectivity index (χ4v) is 2.48. The van der Waals surface area contributed by atoms with E-state index in [2.05, 4.69) is 16.3 Å². The number of nitriles is 1. The van der Waals surface area contributed by atoms with Crippen molar-refractivity contribution in [3.8, 4) is 6.07 Å². The number of anilines is 1. The average molecular weight is 264 g/mol. The summed E-state index contributed by atoms with van der Waals surface area (Å²) in [5.41, 5.74) is 1.35. The lowest BCUT2D eigenvalue weighted by Gasteiger charge is -2.20. The first-order valence-corrected chi connectivity index (χ1v) is 6.20. The van der Waals surface area contributed by atoms with Crippen molar-refractivity contribution >= 4 is 23.2 Å². The molecule has 1 aromatic rings. The van der Waals surface area contributed by atoms with E-state index in [0.717, 1.165) is 18.7 Å². The van der Waals surface area contributed by atoms with Crippen molar-refractivity contribution in [3.63, 3.8) is 0 Å². The Bertz CT molecular complexity index is 509. The first kappa shape index (κ1) is 12.7. The van der Waals surface area contributed by atoms with Crippen molar-refractivity contribution in [3.05, 3.63) is 28.8 Å². The summed E-state index contributed by atoms with van der Waals surface area (Å²) >= 11 is 6.01. The van der Waals surface area contributed by atoms with Gasteiger partial charge in [-0.3, -0.25) is 4.79 Å². The van der Waals surface area contributed by atoms with Gasteiger partial charge in [0.15, 0.2) is 0 Å². The van der Waals surface area contributed by atoms with E-state index >= 15 is 0 Å². The minimum atomic E-state index is -0.0200. The lowest BCUT2D eigenvalue weighted by molar-refractivity contribution is -0.119. The summed E-state index contributed by atoms with van der Waals surface area (Å²) < 4.78 is 0. The summed E-state index contributed by atoms with van der Waals surface area (Å²) in [4.78, 5) is 13.1. The van der Waals surface area contributed by atoms with Crippen LogP contribution >= 0.6 is 11.6 Å². The van der Waals surface area contributed by atoms with Gasteiger partial charge in [-0.15, -0.1) is 0 Å². The maximum absolute atomic E-state index is 11.0. The van der Waals surface area contributed by atoms with E-state index in [4.69, 9.17) is 16.9 Å². The number of hydrogen-bond acceptors (Lipinski definition) is 3. The van der Waals surface area contributed by atoms with E-state index in [1.54, 1.807) is 6.07 Å². The highest BCUT2D eigenvalue weighted by Gasteiger charge is 2.25. The standard InChI is InChI=1S/C13H14ClN3O/c1-9(18)16-10-5-6-17(8-10)13-4-2-3-12(14)11(13)7-15/h2-4,10H,5-6,8H2,1H3,(H,16,18). The lowest BCUT2D eigenvalue weighted by atomic mass is 10.2. The van der Waals surface area contributed by atoms with Gasteiger partial charge in [0.2, 0.25) is 5.91 Å². The Morgan fingerprint density at radius 1 is 1.61 bits per heavy atom. The summed E-state index contributed by atoms with van der Waals surface area (Å²) in [5, 5.41) is 12.5. The van der Waals surface area contributed by atoms with Crippen molar-refractivity contribution in [2.75, 3.05) is 18.0 Å².